The molecule has 0 radical (unpaired) electrons. The Balaban J connectivity index is 1.83. The maximum atomic E-state index is 13.7. The van der Waals surface area contributed by atoms with Gasteiger partial charge in [-0.2, -0.15) is 0 Å². The van der Waals surface area contributed by atoms with E-state index in [2.05, 4.69) is 12.1 Å². The Kier molecular flexibility index (Phi) is 5.39. The lowest BCUT2D eigenvalue weighted by Crippen LogP contribution is -3.59. The third-order valence-electron chi connectivity index (χ3n) is 2.53. The summed E-state index contributed by atoms with van der Waals surface area (Å²) in [7, 11) is 0. The molecule has 92 valence electrons. The Morgan fingerprint density at radius 3 is 2.22 bits per heavy atom. The van der Waals surface area contributed by atoms with Crippen LogP contribution in [0, 0.1) is 3.57 Å². The van der Waals surface area contributed by atoms with Crippen LogP contribution in [-0.4, -0.2) is 0 Å². The first kappa shape index (κ1) is 13.3. The van der Waals surface area contributed by atoms with E-state index in [4.69, 9.17) is 0 Å². The quantitative estimate of drug-likeness (QED) is 0.713. The summed E-state index contributed by atoms with van der Waals surface area (Å²) in [4.78, 5) is 0. The van der Waals surface area contributed by atoms with Gasteiger partial charge in [0, 0.05) is 6.42 Å². The smallest absolute Gasteiger partial charge is 0.208 e. The maximum Gasteiger partial charge on any atom is 0.352 e. The molecule has 0 saturated heterocycles. The van der Waals surface area contributed by atoms with Crippen molar-refractivity contribution in [3.05, 3.63) is 79.7 Å². The minimum atomic E-state index is -0.333. The predicted octanol–water partition coefficient (Wildman–Crippen LogP) is 1.39. The first-order valence-corrected chi connectivity index (χ1v) is 8.24. The summed E-state index contributed by atoms with van der Waals surface area (Å²) in [5, 5.41) is 0. The van der Waals surface area contributed by atoms with Crippen LogP contribution in [0.15, 0.2) is 70.6 Å². The first-order chi connectivity index (χ1) is 8.84. The minimum absolute atomic E-state index is 0.0236. The normalized spacial score (nSPS) is 11.5. The second-order valence-electron chi connectivity index (χ2n) is 3.95. The van der Waals surface area contributed by atoms with Gasteiger partial charge >= 0.3 is 21.2 Å². The van der Waals surface area contributed by atoms with Gasteiger partial charge in [0.25, 0.3) is 0 Å². The van der Waals surface area contributed by atoms with E-state index >= 15 is 0 Å². The standard InChI is InChI=1S/C16H15FI/c17-15(12-11-14-7-3-1-4-8-14)13-18-16-9-5-2-6-10-16/h1-10,13H,11-12H2/q+1/b15-13-. The maximum absolute atomic E-state index is 13.7. The second kappa shape index (κ2) is 7.31. The molecule has 0 saturated carbocycles. The van der Waals surface area contributed by atoms with Crippen molar-refractivity contribution >= 4 is 0 Å². The minimum Gasteiger partial charge on any atom is -0.208 e. The van der Waals surface area contributed by atoms with Crippen molar-refractivity contribution in [3.8, 4) is 0 Å². The highest BCUT2D eigenvalue weighted by atomic mass is 127. The van der Waals surface area contributed by atoms with Crippen LogP contribution < -0.4 is 21.2 Å². The fraction of sp³-hybridized carbons (Fsp3) is 0.125. The van der Waals surface area contributed by atoms with Crippen LogP contribution in [0.4, 0.5) is 4.39 Å². The summed E-state index contributed by atoms with van der Waals surface area (Å²) in [5.41, 5.74) is 1.19. The molecule has 0 aliphatic carbocycles. The Bertz CT molecular complexity index is 491. The van der Waals surface area contributed by atoms with E-state index in [1.807, 2.05) is 48.5 Å². The third kappa shape index (κ3) is 4.61. The van der Waals surface area contributed by atoms with E-state index in [0.29, 0.717) is 6.42 Å². The second-order valence-corrected chi connectivity index (χ2v) is 6.44. The number of hydrogen-bond acceptors (Lipinski definition) is 0. The summed E-state index contributed by atoms with van der Waals surface area (Å²) >= 11 is -0.333. The predicted molar refractivity (Wildman–Crippen MR) is 69.1 cm³/mol. The van der Waals surface area contributed by atoms with Crippen LogP contribution in [-0.2, 0) is 6.42 Å². The van der Waals surface area contributed by atoms with Crippen LogP contribution in [0.25, 0.3) is 0 Å². The number of rotatable bonds is 5. The van der Waals surface area contributed by atoms with Gasteiger partial charge in [-0.3, -0.25) is 0 Å². The topological polar surface area (TPSA) is 0 Å². The van der Waals surface area contributed by atoms with Gasteiger partial charge in [0.1, 0.15) is 5.83 Å². The average Bonchev–Trinajstić information content (AvgIpc) is 2.45. The fourth-order valence-corrected chi connectivity index (χ4v) is 3.41. The third-order valence-corrected chi connectivity index (χ3v) is 4.95. The number of benzene rings is 2. The van der Waals surface area contributed by atoms with Crippen molar-refractivity contribution in [3.63, 3.8) is 0 Å². The molecule has 0 aliphatic heterocycles. The van der Waals surface area contributed by atoms with Gasteiger partial charge in [0.15, 0.2) is 7.65 Å². The first-order valence-electron chi connectivity index (χ1n) is 5.91. The van der Waals surface area contributed by atoms with Gasteiger partial charge in [-0.1, -0.05) is 48.5 Å². The average molecular weight is 353 g/mol. The van der Waals surface area contributed by atoms with Crippen molar-refractivity contribution in [2.24, 2.45) is 0 Å². The number of aryl methyl sites for hydroxylation is 1. The van der Waals surface area contributed by atoms with Gasteiger partial charge in [0.05, 0.1) is 0 Å². The van der Waals surface area contributed by atoms with Crippen molar-refractivity contribution in [2.75, 3.05) is 0 Å². The van der Waals surface area contributed by atoms with Crippen molar-refractivity contribution in [1.29, 1.82) is 0 Å². The Morgan fingerprint density at radius 2 is 1.56 bits per heavy atom. The number of allylic oxidation sites excluding steroid dienone is 1. The molecule has 2 aromatic rings. The molecular weight excluding hydrogens is 338 g/mol. The van der Waals surface area contributed by atoms with Crippen LogP contribution in [0.2, 0.25) is 0 Å². The summed E-state index contributed by atoms with van der Waals surface area (Å²) in [5.74, 6) is 0.0236. The lowest BCUT2D eigenvalue weighted by molar-refractivity contribution is -0.558. The van der Waals surface area contributed by atoms with E-state index in [1.165, 1.54) is 9.13 Å². The summed E-state index contributed by atoms with van der Waals surface area (Å²) < 4.78 is 16.7. The van der Waals surface area contributed by atoms with E-state index in [0.717, 1.165) is 6.42 Å². The largest absolute Gasteiger partial charge is 0.352 e. The van der Waals surface area contributed by atoms with Crippen LogP contribution >= 0.6 is 0 Å². The highest BCUT2D eigenvalue weighted by Gasteiger charge is 2.09. The summed E-state index contributed by atoms with van der Waals surface area (Å²) in [6.07, 6.45) is 1.29. The molecule has 2 heteroatoms. The lowest BCUT2D eigenvalue weighted by Gasteiger charge is -1.97. The molecule has 0 aliphatic rings. The molecule has 18 heavy (non-hydrogen) atoms. The van der Waals surface area contributed by atoms with Crippen molar-refractivity contribution < 1.29 is 25.6 Å². The molecule has 0 fully saturated rings. The number of halogens is 2. The van der Waals surface area contributed by atoms with E-state index in [-0.39, 0.29) is 27.0 Å². The van der Waals surface area contributed by atoms with Crippen LogP contribution in [0.1, 0.15) is 12.0 Å². The van der Waals surface area contributed by atoms with Gasteiger partial charge < -0.3 is 0 Å². The molecule has 0 bridgehead atoms. The molecule has 0 spiro atoms. The molecule has 0 aromatic heterocycles. The molecule has 0 nitrogen and oxygen atoms in total. The lowest BCUT2D eigenvalue weighted by atomic mass is 10.1. The SMILES string of the molecule is F/C(=C\[I+]c1ccccc1)CCc1ccccc1. The zero-order valence-electron chi connectivity index (χ0n) is 10.0. The van der Waals surface area contributed by atoms with Gasteiger partial charge in [-0.05, 0) is 24.1 Å². The van der Waals surface area contributed by atoms with E-state index < -0.39 is 0 Å². The molecule has 2 rings (SSSR count). The Labute approximate surface area is 118 Å². The zero-order valence-corrected chi connectivity index (χ0v) is 12.2. The monoisotopic (exact) mass is 353 g/mol. The van der Waals surface area contributed by atoms with Gasteiger partial charge in [0.2, 0.25) is 0 Å². The summed E-state index contributed by atoms with van der Waals surface area (Å²) in [6, 6.07) is 20.2. The Hall–Kier alpha value is -1.16. The number of hydrogen-bond donors (Lipinski definition) is 0. The van der Waals surface area contributed by atoms with E-state index in [9.17, 15) is 4.39 Å². The highest BCUT2D eigenvalue weighted by Crippen LogP contribution is 2.08. The van der Waals surface area contributed by atoms with Crippen molar-refractivity contribution in [2.45, 2.75) is 12.8 Å². The molecule has 0 unspecified atom stereocenters. The van der Waals surface area contributed by atoms with Gasteiger partial charge in [-0.15, -0.1) is 0 Å². The molecule has 0 atom stereocenters. The van der Waals surface area contributed by atoms with Gasteiger partial charge in [-0.25, -0.2) is 4.39 Å². The van der Waals surface area contributed by atoms with Crippen molar-refractivity contribution in [1.82, 2.24) is 0 Å². The highest BCUT2D eigenvalue weighted by molar-refractivity contribution is 5.15. The summed E-state index contributed by atoms with van der Waals surface area (Å²) in [6.45, 7) is 0. The molecular formula is C16H15FI+. The van der Waals surface area contributed by atoms with E-state index in [1.54, 1.807) is 4.08 Å². The molecule has 2 aromatic carbocycles. The molecule has 0 amide bonds. The van der Waals surface area contributed by atoms with Crippen LogP contribution in [0.5, 0.6) is 0 Å². The molecule has 0 heterocycles. The van der Waals surface area contributed by atoms with Crippen LogP contribution in [0.3, 0.4) is 0 Å². The fourth-order valence-electron chi connectivity index (χ4n) is 1.57. The molecule has 0 N–H and O–H groups in total. The Morgan fingerprint density at radius 1 is 0.944 bits per heavy atom. The zero-order chi connectivity index (χ0) is 12.6.